The minimum absolute atomic E-state index is 0.0421. The van der Waals surface area contributed by atoms with Crippen molar-refractivity contribution in [2.75, 3.05) is 6.54 Å². The highest BCUT2D eigenvalue weighted by Crippen LogP contribution is 2.24. The molecular weight excluding hydrogens is 282 g/mol. The van der Waals surface area contributed by atoms with Gasteiger partial charge in [0.2, 0.25) is 10.0 Å². The molecule has 1 aliphatic heterocycles. The maximum atomic E-state index is 12.5. The summed E-state index contributed by atoms with van der Waals surface area (Å²) in [5.74, 6) is 0. The molecule has 0 radical (unpaired) electrons. The normalized spacial score (nSPS) is 21.4. The molecule has 0 aliphatic carbocycles. The second-order valence-corrected chi connectivity index (χ2v) is 6.67. The van der Waals surface area contributed by atoms with Gasteiger partial charge in [0.1, 0.15) is 0 Å². The average Bonchev–Trinajstić information content (AvgIpc) is 2.64. The molecule has 1 saturated heterocycles. The summed E-state index contributed by atoms with van der Waals surface area (Å²) in [7, 11) is -3.69. The molecule has 0 amide bonds. The maximum Gasteiger partial charge on any atom is 0.269 e. The average molecular weight is 299 g/mol. The van der Waals surface area contributed by atoms with E-state index in [1.54, 1.807) is 0 Å². The Hall–Kier alpha value is -1.51. The smallest absolute Gasteiger partial charge is 0.269 e. The van der Waals surface area contributed by atoms with Gasteiger partial charge in [-0.15, -0.1) is 0 Å². The highest BCUT2D eigenvalue weighted by Gasteiger charge is 2.30. The van der Waals surface area contributed by atoms with E-state index in [0.717, 1.165) is 19.3 Å². The van der Waals surface area contributed by atoms with Crippen molar-refractivity contribution in [3.63, 3.8) is 0 Å². The first-order chi connectivity index (χ1) is 9.43. The van der Waals surface area contributed by atoms with Gasteiger partial charge in [-0.25, -0.2) is 8.42 Å². The molecule has 110 valence electrons. The zero-order valence-electron chi connectivity index (χ0n) is 10.9. The first-order valence-corrected chi connectivity index (χ1v) is 7.89. The third kappa shape index (κ3) is 2.97. The van der Waals surface area contributed by atoms with Gasteiger partial charge in [0.05, 0.1) is 16.0 Å². The van der Waals surface area contributed by atoms with Crippen LogP contribution in [0.5, 0.6) is 0 Å². The van der Waals surface area contributed by atoms with Crippen LogP contribution in [0.2, 0.25) is 0 Å². The number of sulfonamides is 1. The van der Waals surface area contributed by atoms with Crippen molar-refractivity contribution in [3.8, 4) is 0 Å². The van der Waals surface area contributed by atoms with Gasteiger partial charge >= 0.3 is 0 Å². The van der Waals surface area contributed by atoms with Crippen LogP contribution < -0.4 is 5.73 Å². The van der Waals surface area contributed by atoms with Gasteiger partial charge in [0, 0.05) is 18.7 Å². The summed E-state index contributed by atoms with van der Waals surface area (Å²) in [6, 6.07) is 4.89. The number of rotatable bonds is 3. The lowest BCUT2D eigenvalue weighted by Crippen LogP contribution is -2.45. The van der Waals surface area contributed by atoms with Crippen molar-refractivity contribution in [2.24, 2.45) is 5.73 Å². The summed E-state index contributed by atoms with van der Waals surface area (Å²) in [5.41, 5.74) is 5.78. The number of hydrogen-bond acceptors (Lipinski definition) is 5. The second kappa shape index (κ2) is 5.86. The molecule has 7 nitrogen and oxygen atoms in total. The number of nitrogens with two attached hydrogens (primary N) is 1. The molecule has 0 aromatic heterocycles. The van der Waals surface area contributed by atoms with Crippen molar-refractivity contribution in [3.05, 3.63) is 34.4 Å². The van der Waals surface area contributed by atoms with Crippen LogP contribution in [-0.2, 0) is 10.0 Å². The van der Waals surface area contributed by atoms with Crippen molar-refractivity contribution >= 4 is 15.7 Å². The Morgan fingerprint density at radius 1 is 1.20 bits per heavy atom. The van der Waals surface area contributed by atoms with E-state index < -0.39 is 21.1 Å². The Kier molecular flexibility index (Phi) is 4.36. The minimum Gasteiger partial charge on any atom is -0.315 e. The molecule has 2 rings (SSSR count). The highest BCUT2D eigenvalue weighted by molar-refractivity contribution is 7.89. The van der Waals surface area contributed by atoms with Crippen LogP contribution in [0.3, 0.4) is 0 Å². The van der Waals surface area contributed by atoms with Crippen LogP contribution in [-0.4, -0.2) is 30.4 Å². The molecule has 1 aliphatic rings. The Balaban J connectivity index is 2.31. The Labute approximate surface area is 117 Å². The van der Waals surface area contributed by atoms with E-state index in [4.69, 9.17) is 5.73 Å². The summed E-state index contributed by atoms with van der Waals surface area (Å²) in [4.78, 5) is 10.1. The monoisotopic (exact) mass is 299 g/mol. The molecule has 1 unspecified atom stereocenters. The predicted molar refractivity (Wildman–Crippen MR) is 73.4 cm³/mol. The number of non-ortho nitro benzene ring substituents is 1. The molecule has 0 bridgehead atoms. The molecule has 1 aromatic carbocycles. The van der Waals surface area contributed by atoms with Crippen molar-refractivity contribution in [1.82, 2.24) is 4.31 Å². The lowest BCUT2D eigenvalue weighted by atomic mass is 10.2. The van der Waals surface area contributed by atoms with Gasteiger partial charge in [-0.3, -0.25) is 10.1 Å². The first-order valence-electron chi connectivity index (χ1n) is 6.45. The second-order valence-electron chi connectivity index (χ2n) is 4.78. The van der Waals surface area contributed by atoms with Crippen LogP contribution in [0.4, 0.5) is 5.69 Å². The minimum atomic E-state index is -3.69. The Morgan fingerprint density at radius 2 is 1.85 bits per heavy atom. The van der Waals surface area contributed by atoms with E-state index in [-0.39, 0.29) is 10.6 Å². The van der Waals surface area contributed by atoms with Gasteiger partial charge in [0.25, 0.3) is 5.69 Å². The van der Waals surface area contributed by atoms with Crippen molar-refractivity contribution in [1.29, 1.82) is 0 Å². The molecule has 1 fully saturated rings. The van der Waals surface area contributed by atoms with E-state index in [0.29, 0.717) is 13.0 Å². The highest BCUT2D eigenvalue weighted by atomic mass is 32.2. The molecule has 1 atom stereocenters. The summed E-state index contributed by atoms with van der Waals surface area (Å²) < 4.78 is 26.3. The lowest BCUT2D eigenvalue weighted by molar-refractivity contribution is -0.384. The van der Waals surface area contributed by atoms with Crippen LogP contribution in [0.25, 0.3) is 0 Å². The fraction of sp³-hybridized carbons (Fsp3) is 0.500. The summed E-state index contributed by atoms with van der Waals surface area (Å²) >= 11 is 0. The number of nitro groups is 1. The predicted octanol–water partition coefficient (Wildman–Crippen LogP) is 1.44. The summed E-state index contributed by atoms with van der Waals surface area (Å²) in [5, 5.41) is 10.6. The van der Waals surface area contributed by atoms with Crippen molar-refractivity contribution in [2.45, 2.75) is 36.7 Å². The van der Waals surface area contributed by atoms with Crippen LogP contribution in [0, 0.1) is 10.1 Å². The van der Waals surface area contributed by atoms with E-state index in [9.17, 15) is 18.5 Å². The number of benzene rings is 1. The molecule has 2 N–H and O–H groups in total. The zero-order valence-corrected chi connectivity index (χ0v) is 11.8. The van der Waals surface area contributed by atoms with E-state index in [1.165, 1.54) is 28.6 Å². The third-order valence-corrected chi connectivity index (χ3v) is 5.34. The van der Waals surface area contributed by atoms with Gasteiger partial charge in [0.15, 0.2) is 0 Å². The SMILES string of the molecule is NC1CCCCCN1S(=O)(=O)c1ccc([N+](=O)[O-])cc1. The van der Waals surface area contributed by atoms with Crippen molar-refractivity contribution < 1.29 is 13.3 Å². The molecule has 0 saturated carbocycles. The van der Waals surface area contributed by atoms with E-state index in [2.05, 4.69) is 0 Å². The summed E-state index contributed by atoms with van der Waals surface area (Å²) in [6.07, 6.45) is 2.75. The number of hydrogen-bond donors (Lipinski definition) is 1. The van der Waals surface area contributed by atoms with E-state index in [1.807, 2.05) is 0 Å². The third-order valence-electron chi connectivity index (χ3n) is 3.40. The molecule has 1 aromatic rings. The largest absolute Gasteiger partial charge is 0.315 e. The van der Waals surface area contributed by atoms with E-state index >= 15 is 0 Å². The standard InChI is InChI=1S/C12H17N3O4S/c13-12-4-2-1-3-9-14(12)20(18,19)11-7-5-10(6-8-11)15(16)17/h5-8,12H,1-4,9,13H2. The zero-order chi connectivity index (χ0) is 14.8. The summed E-state index contributed by atoms with van der Waals surface area (Å²) in [6.45, 7) is 0.389. The lowest BCUT2D eigenvalue weighted by Gasteiger charge is -2.25. The van der Waals surface area contributed by atoms with Gasteiger partial charge in [-0.2, -0.15) is 4.31 Å². The van der Waals surface area contributed by atoms with Crippen LogP contribution in [0.1, 0.15) is 25.7 Å². The van der Waals surface area contributed by atoms with Crippen LogP contribution >= 0.6 is 0 Å². The fourth-order valence-electron chi connectivity index (χ4n) is 2.28. The molecule has 0 spiro atoms. The maximum absolute atomic E-state index is 12.5. The van der Waals surface area contributed by atoms with Crippen LogP contribution in [0.15, 0.2) is 29.2 Å². The topological polar surface area (TPSA) is 107 Å². The Bertz CT molecular complexity index is 585. The number of nitrogens with zero attached hydrogens (tertiary/aromatic N) is 2. The fourth-order valence-corrected chi connectivity index (χ4v) is 3.86. The Morgan fingerprint density at radius 3 is 2.45 bits per heavy atom. The first kappa shape index (κ1) is 14.9. The van der Waals surface area contributed by atoms with Gasteiger partial charge < -0.3 is 5.73 Å². The van der Waals surface area contributed by atoms with Gasteiger partial charge in [-0.1, -0.05) is 12.8 Å². The molecular formula is C12H17N3O4S. The van der Waals surface area contributed by atoms with Gasteiger partial charge in [-0.05, 0) is 25.0 Å². The molecule has 1 heterocycles. The quantitative estimate of drug-likeness (QED) is 0.671. The molecule has 8 heteroatoms. The molecule has 20 heavy (non-hydrogen) atoms. The number of nitro benzene ring substituents is 1.